The van der Waals surface area contributed by atoms with Gasteiger partial charge in [0.15, 0.2) is 5.75 Å². The molecule has 9 nitrogen and oxygen atoms in total. The molecule has 1 atom stereocenters. The molecule has 0 saturated heterocycles. The molecule has 4 aromatic rings. The van der Waals surface area contributed by atoms with E-state index >= 15 is 0 Å². The van der Waals surface area contributed by atoms with Crippen molar-refractivity contribution in [1.82, 2.24) is 9.97 Å². The first kappa shape index (κ1) is 21.0. The SMILES string of the molecule is CCOc1c(NC(Cc2ccc(Nc3nccc4ccncc34)cc2)C(=O)O)c(=O)c1=O. The molecule has 0 spiro atoms. The topological polar surface area (TPSA) is 131 Å². The number of carboxylic acid groups (broad SMARTS) is 1. The number of fused-ring (bicyclic) bond motifs is 1. The van der Waals surface area contributed by atoms with Crippen molar-refractivity contribution in [2.75, 3.05) is 17.2 Å². The molecule has 0 radical (unpaired) electrons. The monoisotopic (exact) mass is 432 g/mol. The zero-order valence-electron chi connectivity index (χ0n) is 17.2. The van der Waals surface area contributed by atoms with Gasteiger partial charge in [0, 0.05) is 36.1 Å². The fourth-order valence-corrected chi connectivity index (χ4v) is 3.36. The van der Waals surface area contributed by atoms with Crippen LogP contribution in [0.25, 0.3) is 10.8 Å². The molecule has 0 aliphatic carbocycles. The lowest BCUT2D eigenvalue weighted by Crippen LogP contribution is -2.41. The molecular formula is C23H20N4O5. The van der Waals surface area contributed by atoms with Gasteiger partial charge < -0.3 is 20.5 Å². The first-order chi connectivity index (χ1) is 15.5. The third kappa shape index (κ3) is 4.13. The quantitative estimate of drug-likeness (QED) is 0.341. The van der Waals surface area contributed by atoms with Crippen LogP contribution in [-0.4, -0.2) is 33.7 Å². The highest BCUT2D eigenvalue weighted by Gasteiger charge is 2.27. The van der Waals surface area contributed by atoms with Gasteiger partial charge in [-0.15, -0.1) is 0 Å². The third-order valence-electron chi connectivity index (χ3n) is 5.00. The molecule has 0 aliphatic heterocycles. The summed E-state index contributed by atoms with van der Waals surface area (Å²) in [5.74, 6) is -0.590. The maximum Gasteiger partial charge on any atom is 0.326 e. The maximum atomic E-state index is 11.8. The average molecular weight is 432 g/mol. The van der Waals surface area contributed by atoms with Crippen molar-refractivity contribution >= 4 is 33.9 Å². The van der Waals surface area contributed by atoms with E-state index in [0.717, 1.165) is 22.0 Å². The summed E-state index contributed by atoms with van der Waals surface area (Å²) in [6.07, 6.45) is 5.27. The van der Waals surface area contributed by atoms with Crippen molar-refractivity contribution in [1.29, 1.82) is 0 Å². The first-order valence-electron chi connectivity index (χ1n) is 9.98. The van der Waals surface area contributed by atoms with Crippen LogP contribution in [0.15, 0.2) is 64.6 Å². The Morgan fingerprint density at radius 3 is 2.56 bits per heavy atom. The second-order valence-electron chi connectivity index (χ2n) is 7.11. The number of benzene rings is 1. The van der Waals surface area contributed by atoms with E-state index in [0.29, 0.717) is 5.82 Å². The van der Waals surface area contributed by atoms with Gasteiger partial charge in [-0.1, -0.05) is 12.1 Å². The Balaban J connectivity index is 1.48. The first-order valence-corrected chi connectivity index (χ1v) is 9.98. The Morgan fingerprint density at radius 2 is 1.84 bits per heavy atom. The summed E-state index contributed by atoms with van der Waals surface area (Å²) < 4.78 is 5.14. The Morgan fingerprint density at radius 1 is 1.09 bits per heavy atom. The largest absolute Gasteiger partial charge is 0.488 e. The minimum Gasteiger partial charge on any atom is -0.488 e. The number of aromatic nitrogens is 2. The number of aliphatic carboxylic acids is 1. The van der Waals surface area contributed by atoms with E-state index in [2.05, 4.69) is 20.6 Å². The van der Waals surface area contributed by atoms with Crippen molar-refractivity contribution in [3.63, 3.8) is 0 Å². The van der Waals surface area contributed by atoms with Crippen molar-refractivity contribution in [2.24, 2.45) is 0 Å². The molecule has 2 heterocycles. The molecule has 9 heteroatoms. The van der Waals surface area contributed by atoms with Crippen LogP contribution >= 0.6 is 0 Å². The van der Waals surface area contributed by atoms with E-state index < -0.39 is 22.9 Å². The van der Waals surface area contributed by atoms with Crippen molar-refractivity contribution in [2.45, 2.75) is 19.4 Å². The van der Waals surface area contributed by atoms with Gasteiger partial charge in [-0.3, -0.25) is 14.6 Å². The van der Waals surface area contributed by atoms with E-state index in [1.807, 2.05) is 24.3 Å². The molecule has 2 aromatic heterocycles. The van der Waals surface area contributed by atoms with Crippen LogP contribution in [0.5, 0.6) is 5.75 Å². The van der Waals surface area contributed by atoms with E-state index in [4.69, 9.17) is 4.74 Å². The zero-order chi connectivity index (χ0) is 22.7. The zero-order valence-corrected chi connectivity index (χ0v) is 17.2. The molecule has 0 fully saturated rings. The summed E-state index contributed by atoms with van der Waals surface area (Å²) in [5, 5.41) is 17.3. The van der Waals surface area contributed by atoms with Gasteiger partial charge in [0.25, 0.3) is 10.9 Å². The fraction of sp³-hybridized carbons (Fsp3) is 0.174. The standard InChI is InChI=1S/C23H20N4O5/c1-2-32-21-18(19(28)20(21)29)27-17(23(30)31)11-13-3-5-15(6-4-13)26-22-16-12-24-9-7-14(16)8-10-25-22/h3-10,12,17,27H,2,11H2,1H3,(H,25,26)(H,30,31). The average Bonchev–Trinajstić information content (AvgIpc) is 2.81. The van der Waals surface area contributed by atoms with Crippen LogP contribution in [-0.2, 0) is 11.2 Å². The minimum absolute atomic E-state index is 0.0850. The maximum absolute atomic E-state index is 11.8. The highest BCUT2D eigenvalue weighted by atomic mass is 16.5. The highest BCUT2D eigenvalue weighted by Crippen LogP contribution is 2.24. The lowest BCUT2D eigenvalue weighted by atomic mass is 10.0. The summed E-state index contributed by atoms with van der Waals surface area (Å²) in [6, 6.07) is 9.90. The number of pyridine rings is 2. The molecule has 2 aromatic carbocycles. The van der Waals surface area contributed by atoms with Crippen molar-refractivity contribution in [3.05, 3.63) is 81.0 Å². The summed E-state index contributed by atoms with van der Waals surface area (Å²) >= 11 is 0. The van der Waals surface area contributed by atoms with Gasteiger partial charge in [0.05, 0.1) is 6.61 Å². The van der Waals surface area contributed by atoms with Gasteiger partial charge in [-0.25, -0.2) is 9.78 Å². The number of hydrogen-bond donors (Lipinski definition) is 3. The van der Waals surface area contributed by atoms with Gasteiger partial charge in [0.2, 0.25) is 0 Å². The fourth-order valence-electron chi connectivity index (χ4n) is 3.36. The molecule has 1 unspecified atom stereocenters. The smallest absolute Gasteiger partial charge is 0.326 e. The Kier molecular flexibility index (Phi) is 5.80. The third-order valence-corrected chi connectivity index (χ3v) is 5.00. The lowest BCUT2D eigenvalue weighted by Gasteiger charge is -2.19. The summed E-state index contributed by atoms with van der Waals surface area (Å²) in [5.41, 5.74) is -0.0844. The number of hydrogen-bond acceptors (Lipinski definition) is 8. The lowest BCUT2D eigenvalue weighted by molar-refractivity contribution is -0.137. The van der Waals surface area contributed by atoms with Gasteiger partial charge >= 0.3 is 5.97 Å². The molecule has 0 aliphatic rings. The number of carbonyl (C=O) groups is 1. The van der Waals surface area contributed by atoms with Crippen LogP contribution in [0, 0.1) is 0 Å². The highest BCUT2D eigenvalue weighted by molar-refractivity contribution is 5.92. The van der Waals surface area contributed by atoms with Crippen LogP contribution < -0.4 is 26.2 Å². The number of carboxylic acids is 1. The van der Waals surface area contributed by atoms with Crippen molar-refractivity contribution < 1.29 is 14.6 Å². The number of ether oxygens (including phenoxy) is 1. The molecule has 4 rings (SSSR count). The van der Waals surface area contributed by atoms with Crippen molar-refractivity contribution in [3.8, 4) is 5.75 Å². The molecule has 0 bridgehead atoms. The second kappa shape index (κ2) is 8.84. The second-order valence-corrected chi connectivity index (χ2v) is 7.11. The molecule has 0 saturated carbocycles. The number of nitrogens with one attached hydrogen (secondary N) is 2. The predicted molar refractivity (Wildman–Crippen MR) is 121 cm³/mol. The predicted octanol–water partition coefficient (Wildman–Crippen LogP) is 2.48. The van der Waals surface area contributed by atoms with Crippen LogP contribution in [0.2, 0.25) is 0 Å². The number of rotatable bonds is 9. The van der Waals surface area contributed by atoms with Crippen LogP contribution in [0.4, 0.5) is 17.2 Å². The molecular weight excluding hydrogens is 412 g/mol. The van der Waals surface area contributed by atoms with Gasteiger partial charge in [-0.2, -0.15) is 0 Å². The summed E-state index contributed by atoms with van der Waals surface area (Å²) in [4.78, 5) is 43.6. The number of nitrogens with zero attached hydrogens (tertiary/aromatic N) is 2. The molecule has 162 valence electrons. The Bertz CT molecular complexity index is 1340. The van der Waals surface area contributed by atoms with E-state index in [1.165, 1.54) is 0 Å². The molecule has 32 heavy (non-hydrogen) atoms. The van der Waals surface area contributed by atoms with Crippen LogP contribution in [0.3, 0.4) is 0 Å². The Hall–Kier alpha value is -4.27. The number of anilines is 3. The van der Waals surface area contributed by atoms with Crippen LogP contribution in [0.1, 0.15) is 12.5 Å². The van der Waals surface area contributed by atoms with E-state index in [1.54, 1.807) is 37.6 Å². The van der Waals surface area contributed by atoms with Gasteiger partial charge in [0.1, 0.15) is 17.5 Å². The summed E-state index contributed by atoms with van der Waals surface area (Å²) in [7, 11) is 0. The summed E-state index contributed by atoms with van der Waals surface area (Å²) in [6.45, 7) is 1.88. The molecule has 0 amide bonds. The Labute approximate surface area is 182 Å². The van der Waals surface area contributed by atoms with Gasteiger partial charge in [-0.05, 0) is 42.1 Å². The molecule has 3 N–H and O–H groups in total. The van der Waals surface area contributed by atoms with E-state index in [9.17, 15) is 19.5 Å². The minimum atomic E-state index is -1.14. The van der Waals surface area contributed by atoms with E-state index in [-0.39, 0.29) is 24.5 Å². The normalized spacial score (nSPS) is 11.9.